The highest BCUT2D eigenvalue weighted by Crippen LogP contribution is 2.19. The third-order valence-electron chi connectivity index (χ3n) is 1.19. The molecule has 0 spiro atoms. The molecule has 5 heteroatoms. The molecule has 0 aliphatic carbocycles. The average molecular weight is 171 g/mol. The van der Waals surface area contributed by atoms with Crippen LogP contribution >= 0.6 is 11.6 Å². The Labute approximate surface area is 69.1 Å². The van der Waals surface area contributed by atoms with Crippen LogP contribution in [0.25, 0.3) is 0 Å². The maximum absolute atomic E-state index is 5.68. The Balaban J connectivity index is 3.16. The molecule has 2 N–H and O–H groups in total. The van der Waals surface area contributed by atoms with E-state index in [1.807, 2.05) is 0 Å². The van der Waals surface area contributed by atoms with Crippen molar-refractivity contribution in [2.24, 2.45) is 10.7 Å². The number of hydrogen-bond acceptors (Lipinski definition) is 3. The number of nitrogens with zero attached hydrogens (tertiary/aromatic N) is 3. The van der Waals surface area contributed by atoms with E-state index in [1.54, 1.807) is 6.92 Å². The van der Waals surface area contributed by atoms with Crippen LogP contribution in [0.5, 0.6) is 0 Å². The molecule has 58 valence electrons. The summed E-state index contributed by atoms with van der Waals surface area (Å²) in [6.45, 7) is 1.78. The highest BCUT2D eigenvalue weighted by Gasteiger charge is 2.01. The zero-order chi connectivity index (χ0) is 8.27. The van der Waals surface area contributed by atoms with Crippen molar-refractivity contribution in [3.63, 3.8) is 0 Å². The van der Waals surface area contributed by atoms with E-state index < -0.39 is 0 Å². The van der Waals surface area contributed by atoms with Gasteiger partial charge in [-0.15, -0.1) is 0 Å². The summed E-state index contributed by atoms with van der Waals surface area (Å²) in [6, 6.07) is 0. The minimum Gasteiger partial charge on any atom is -0.390 e. The molecule has 0 atom stereocenters. The van der Waals surface area contributed by atoms with E-state index in [-0.39, 0.29) is 0 Å². The van der Waals surface area contributed by atoms with Gasteiger partial charge in [-0.1, -0.05) is 11.6 Å². The van der Waals surface area contributed by atoms with Crippen LogP contribution < -0.4 is 5.73 Å². The van der Waals surface area contributed by atoms with E-state index in [2.05, 4.69) is 15.0 Å². The van der Waals surface area contributed by atoms with E-state index in [0.717, 1.165) is 5.56 Å². The van der Waals surface area contributed by atoms with E-state index in [1.165, 1.54) is 12.7 Å². The normalized spacial score (nSPS) is 10.7. The van der Waals surface area contributed by atoms with E-state index in [9.17, 15) is 0 Å². The van der Waals surface area contributed by atoms with Crippen LogP contribution in [0.4, 0.5) is 5.82 Å². The molecule has 0 aliphatic heterocycles. The molecule has 0 radical (unpaired) electrons. The molecule has 0 amide bonds. The van der Waals surface area contributed by atoms with Gasteiger partial charge in [0, 0.05) is 5.56 Å². The number of hydrogen-bond donors (Lipinski definition) is 1. The molecule has 4 nitrogen and oxygen atoms in total. The second-order valence-electron chi connectivity index (χ2n) is 1.89. The van der Waals surface area contributed by atoms with Crippen LogP contribution in [0.2, 0.25) is 5.15 Å². The van der Waals surface area contributed by atoms with Crippen LogP contribution in [0, 0.1) is 6.92 Å². The first-order chi connectivity index (χ1) is 5.25. The van der Waals surface area contributed by atoms with Crippen LogP contribution in [0.15, 0.2) is 11.3 Å². The summed E-state index contributed by atoms with van der Waals surface area (Å²) >= 11 is 5.68. The molecule has 0 saturated carbocycles. The first kappa shape index (κ1) is 7.94. The number of aliphatic imine (C=N–C) groups is 1. The highest BCUT2D eigenvalue weighted by atomic mass is 35.5. The van der Waals surface area contributed by atoms with Crippen LogP contribution in [0.1, 0.15) is 5.56 Å². The van der Waals surface area contributed by atoms with Gasteiger partial charge in [-0.3, -0.25) is 0 Å². The number of halogens is 1. The molecule has 0 aliphatic rings. The van der Waals surface area contributed by atoms with E-state index in [4.69, 9.17) is 17.3 Å². The summed E-state index contributed by atoms with van der Waals surface area (Å²) in [5.74, 6) is 0.507. The standard InChI is InChI=1S/C6H7ClN4/c1-4-5(7)10-3-11-6(4)9-2-8/h2-3H,1H3,(H2,8,9,10,11). The third kappa shape index (κ3) is 1.65. The maximum atomic E-state index is 5.68. The molecule has 0 bridgehead atoms. The predicted octanol–water partition coefficient (Wildman–Crippen LogP) is 1.06. The number of nitrogens with two attached hydrogens (primary N) is 1. The molecule has 11 heavy (non-hydrogen) atoms. The van der Waals surface area contributed by atoms with Gasteiger partial charge in [-0.25, -0.2) is 15.0 Å². The molecule has 0 unspecified atom stereocenters. The van der Waals surface area contributed by atoms with Crippen molar-refractivity contribution in [2.75, 3.05) is 0 Å². The SMILES string of the molecule is Cc1c(Cl)ncnc1N=CN. The zero-order valence-corrected chi connectivity index (χ0v) is 6.71. The summed E-state index contributed by atoms with van der Waals surface area (Å²) < 4.78 is 0. The topological polar surface area (TPSA) is 64.2 Å². The van der Waals surface area contributed by atoms with Crippen LogP contribution in [0.3, 0.4) is 0 Å². The largest absolute Gasteiger partial charge is 0.390 e. The minimum absolute atomic E-state index is 0.403. The van der Waals surface area contributed by atoms with Crippen LogP contribution in [-0.2, 0) is 0 Å². The monoisotopic (exact) mass is 170 g/mol. The molecule has 1 rings (SSSR count). The molecule has 0 saturated heterocycles. The Bertz CT molecular complexity index is 284. The maximum Gasteiger partial charge on any atom is 0.161 e. The summed E-state index contributed by atoms with van der Waals surface area (Å²) in [6.07, 6.45) is 2.52. The first-order valence-electron chi connectivity index (χ1n) is 2.97. The molecule has 1 heterocycles. The molecule has 1 aromatic rings. The van der Waals surface area contributed by atoms with Crippen molar-refractivity contribution in [3.05, 3.63) is 17.0 Å². The van der Waals surface area contributed by atoms with Crippen molar-refractivity contribution in [1.29, 1.82) is 0 Å². The fraction of sp³-hybridized carbons (Fsp3) is 0.167. The summed E-state index contributed by atoms with van der Waals surface area (Å²) in [4.78, 5) is 11.4. The first-order valence-corrected chi connectivity index (χ1v) is 3.35. The van der Waals surface area contributed by atoms with E-state index >= 15 is 0 Å². The van der Waals surface area contributed by atoms with Gasteiger partial charge in [-0.2, -0.15) is 0 Å². The third-order valence-corrected chi connectivity index (χ3v) is 1.57. The summed E-state index contributed by atoms with van der Waals surface area (Å²) in [7, 11) is 0. The molecule has 0 aromatic carbocycles. The lowest BCUT2D eigenvalue weighted by Crippen LogP contribution is -1.90. The van der Waals surface area contributed by atoms with Gasteiger partial charge >= 0.3 is 0 Å². The van der Waals surface area contributed by atoms with Gasteiger partial charge < -0.3 is 5.73 Å². The van der Waals surface area contributed by atoms with Crippen molar-refractivity contribution in [2.45, 2.75) is 6.92 Å². The zero-order valence-electron chi connectivity index (χ0n) is 5.95. The fourth-order valence-corrected chi connectivity index (χ4v) is 0.749. The minimum atomic E-state index is 0.403. The average Bonchev–Trinajstić information content (AvgIpc) is 1.99. The van der Waals surface area contributed by atoms with Crippen LogP contribution in [-0.4, -0.2) is 16.3 Å². The Morgan fingerprint density at radius 1 is 1.64 bits per heavy atom. The second kappa shape index (κ2) is 3.30. The van der Waals surface area contributed by atoms with Crippen molar-refractivity contribution in [3.8, 4) is 0 Å². The lowest BCUT2D eigenvalue weighted by atomic mass is 10.3. The van der Waals surface area contributed by atoms with Gasteiger partial charge in [0.25, 0.3) is 0 Å². The van der Waals surface area contributed by atoms with Crippen molar-refractivity contribution >= 4 is 23.8 Å². The van der Waals surface area contributed by atoms with Gasteiger partial charge in [0.05, 0.1) is 6.34 Å². The lowest BCUT2D eigenvalue weighted by Gasteiger charge is -1.97. The highest BCUT2D eigenvalue weighted by molar-refractivity contribution is 6.30. The number of aromatic nitrogens is 2. The molecular weight excluding hydrogens is 164 g/mol. The molecular formula is C6H7ClN4. The number of rotatable bonds is 1. The predicted molar refractivity (Wildman–Crippen MR) is 44.1 cm³/mol. The Morgan fingerprint density at radius 3 is 3.00 bits per heavy atom. The molecule has 1 aromatic heterocycles. The summed E-state index contributed by atoms with van der Waals surface area (Å²) in [5.41, 5.74) is 5.82. The fourth-order valence-electron chi connectivity index (χ4n) is 0.621. The Kier molecular flexibility index (Phi) is 2.38. The quantitative estimate of drug-likeness (QED) is 0.389. The van der Waals surface area contributed by atoms with E-state index in [0.29, 0.717) is 11.0 Å². The Morgan fingerprint density at radius 2 is 2.36 bits per heavy atom. The van der Waals surface area contributed by atoms with Gasteiger partial charge in [0.15, 0.2) is 5.82 Å². The Hall–Kier alpha value is -1.16. The van der Waals surface area contributed by atoms with Gasteiger partial charge in [0.2, 0.25) is 0 Å². The van der Waals surface area contributed by atoms with Gasteiger partial charge in [0.1, 0.15) is 11.5 Å². The second-order valence-corrected chi connectivity index (χ2v) is 2.25. The van der Waals surface area contributed by atoms with Crippen molar-refractivity contribution in [1.82, 2.24) is 9.97 Å². The lowest BCUT2D eigenvalue weighted by molar-refractivity contribution is 1.11. The smallest absolute Gasteiger partial charge is 0.161 e. The summed E-state index contributed by atoms with van der Waals surface area (Å²) in [5, 5.41) is 0.403. The van der Waals surface area contributed by atoms with Gasteiger partial charge in [-0.05, 0) is 6.92 Å². The van der Waals surface area contributed by atoms with Crippen molar-refractivity contribution < 1.29 is 0 Å². The molecule has 0 fully saturated rings.